The summed E-state index contributed by atoms with van der Waals surface area (Å²) in [5.41, 5.74) is 0. The molecule has 2 heterocycles. The molecule has 2 saturated heterocycles. The first-order chi connectivity index (χ1) is 8.09. The third-order valence-electron chi connectivity index (χ3n) is 3.30. The van der Waals surface area contributed by atoms with Crippen molar-refractivity contribution in [1.82, 2.24) is 4.90 Å². The number of aliphatic hydroxyl groups is 1. The van der Waals surface area contributed by atoms with Crippen molar-refractivity contribution >= 4 is 23.6 Å². The van der Waals surface area contributed by atoms with E-state index in [1.54, 1.807) is 11.8 Å². The SMILES string of the molecule is O=C(O)[C@@H]1CC(O)CN1C(=O)C1CCCCS1. The number of β-amino-alcohol motifs (C(OH)–C–C–N with tert-alkyl or cyclic N) is 1. The molecule has 0 aliphatic carbocycles. The zero-order valence-electron chi connectivity index (χ0n) is 9.54. The Morgan fingerprint density at radius 3 is 2.65 bits per heavy atom. The Hall–Kier alpha value is -0.750. The first-order valence-corrected chi connectivity index (χ1v) is 6.97. The quantitative estimate of drug-likeness (QED) is 0.746. The van der Waals surface area contributed by atoms with Crippen molar-refractivity contribution in [3.8, 4) is 0 Å². The van der Waals surface area contributed by atoms with Gasteiger partial charge in [-0.3, -0.25) is 4.79 Å². The fraction of sp³-hybridized carbons (Fsp3) is 0.818. The number of carboxylic acids is 1. The van der Waals surface area contributed by atoms with Gasteiger partial charge in [0.05, 0.1) is 11.4 Å². The first-order valence-electron chi connectivity index (χ1n) is 5.92. The maximum Gasteiger partial charge on any atom is 0.326 e. The molecule has 0 saturated carbocycles. The van der Waals surface area contributed by atoms with Gasteiger partial charge in [-0.05, 0) is 18.6 Å². The van der Waals surface area contributed by atoms with Gasteiger partial charge >= 0.3 is 5.97 Å². The largest absolute Gasteiger partial charge is 0.480 e. The average molecular weight is 259 g/mol. The van der Waals surface area contributed by atoms with Crippen molar-refractivity contribution in [2.45, 2.75) is 43.1 Å². The van der Waals surface area contributed by atoms with Gasteiger partial charge < -0.3 is 15.1 Å². The summed E-state index contributed by atoms with van der Waals surface area (Å²) in [5, 5.41) is 18.4. The van der Waals surface area contributed by atoms with Crippen LogP contribution in [0.3, 0.4) is 0 Å². The zero-order chi connectivity index (χ0) is 12.4. The molecule has 2 aliphatic rings. The number of likely N-dealkylation sites (tertiary alicyclic amines) is 1. The predicted molar refractivity (Wildman–Crippen MR) is 63.9 cm³/mol. The maximum atomic E-state index is 12.2. The highest BCUT2D eigenvalue weighted by molar-refractivity contribution is 8.00. The number of carboxylic acid groups (broad SMARTS) is 1. The minimum absolute atomic E-state index is 0.112. The molecule has 1 amide bonds. The minimum atomic E-state index is -1.02. The topological polar surface area (TPSA) is 77.8 Å². The lowest BCUT2D eigenvalue weighted by Gasteiger charge is -2.28. The van der Waals surface area contributed by atoms with Crippen LogP contribution >= 0.6 is 11.8 Å². The molecular weight excluding hydrogens is 242 g/mol. The van der Waals surface area contributed by atoms with Crippen LogP contribution in [0, 0.1) is 0 Å². The van der Waals surface area contributed by atoms with E-state index in [0.717, 1.165) is 25.0 Å². The molecule has 17 heavy (non-hydrogen) atoms. The number of thioether (sulfide) groups is 1. The van der Waals surface area contributed by atoms with Gasteiger partial charge in [-0.2, -0.15) is 0 Å². The molecule has 2 N–H and O–H groups in total. The third kappa shape index (κ3) is 2.74. The number of rotatable bonds is 2. The molecule has 2 aliphatic heterocycles. The molecule has 2 fully saturated rings. The van der Waals surface area contributed by atoms with Crippen molar-refractivity contribution in [2.24, 2.45) is 0 Å². The van der Waals surface area contributed by atoms with Gasteiger partial charge in [0.2, 0.25) is 5.91 Å². The summed E-state index contributed by atoms with van der Waals surface area (Å²) < 4.78 is 0. The molecule has 96 valence electrons. The van der Waals surface area contributed by atoms with E-state index in [9.17, 15) is 14.7 Å². The van der Waals surface area contributed by atoms with Crippen LogP contribution in [0.1, 0.15) is 25.7 Å². The Labute approximate surface area is 104 Å². The monoisotopic (exact) mass is 259 g/mol. The zero-order valence-corrected chi connectivity index (χ0v) is 10.4. The smallest absolute Gasteiger partial charge is 0.326 e. The van der Waals surface area contributed by atoms with Crippen LogP contribution in [0.2, 0.25) is 0 Å². The number of carbonyl (C=O) groups is 2. The molecule has 0 aromatic rings. The summed E-state index contributed by atoms with van der Waals surface area (Å²) in [6.07, 6.45) is 2.42. The van der Waals surface area contributed by atoms with Gasteiger partial charge in [0.25, 0.3) is 0 Å². The predicted octanol–water partition coefficient (Wildman–Crippen LogP) is 0.319. The van der Waals surface area contributed by atoms with Crippen molar-refractivity contribution in [3.05, 3.63) is 0 Å². The molecule has 2 unspecified atom stereocenters. The Morgan fingerprint density at radius 2 is 2.06 bits per heavy atom. The summed E-state index contributed by atoms with van der Waals surface area (Å²) in [4.78, 5) is 24.6. The van der Waals surface area contributed by atoms with Gasteiger partial charge in [0, 0.05) is 13.0 Å². The van der Waals surface area contributed by atoms with Crippen LogP contribution in [0.4, 0.5) is 0 Å². The van der Waals surface area contributed by atoms with E-state index >= 15 is 0 Å². The van der Waals surface area contributed by atoms with Crippen molar-refractivity contribution < 1.29 is 19.8 Å². The number of carbonyl (C=O) groups excluding carboxylic acids is 1. The summed E-state index contributed by atoms with van der Waals surface area (Å²) in [6.45, 7) is 0.160. The molecule has 0 spiro atoms. The van der Waals surface area contributed by atoms with Crippen molar-refractivity contribution in [3.63, 3.8) is 0 Å². The van der Waals surface area contributed by atoms with E-state index in [1.807, 2.05) is 0 Å². The van der Waals surface area contributed by atoms with E-state index in [0.29, 0.717) is 0 Å². The van der Waals surface area contributed by atoms with Crippen LogP contribution < -0.4 is 0 Å². The molecular formula is C11H17NO4S. The lowest BCUT2D eigenvalue weighted by atomic mass is 10.1. The van der Waals surface area contributed by atoms with Crippen molar-refractivity contribution in [1.29, 1.82) is 0 Å². The fourth-order valence-electron chi connectivity index (χ4n) is 2.41. The summed E-state index contributed by atoms with van der Waals surface area (Å²) in [6, 6.07) is -0.847. The average Bonchev–Trinajstić information content (AvgIpc) is 2.72. The van der Waals surface area contributed by atoms with Crippen LogP contribution in [0.25, 0.3) is 0 Å². The Morgan fingerprint density at radius 1 is 1.29 bits per heavy atom. The first kappa shape index (κ1) is 12.7. The maximum absolute atomic E-state index is 12.2. The standard InChI is InChI=1S/C11H17NO4S/c13-7-5-8(11(15)16)12(6-7)10(14)9-3-1-2-4-17-9/h7-9,13H,1-6H2,(H,15,16)/t7?,8-,9?/m0/s1. The molecule has 0 radical (unpaired) electrons. The van der Waals surface area contributed by atoms with Gasteiger partial charge in [0.1, 0.15) is 6.04 Å². The fourth-order valence-corrected chi connectivity index (χ4v) is 3.68. The number of aliphatic carboxylic acids is 1. The lowest BCUT2D eigenvalue weighted by Crippen LogP contribution is -2.45. The third-order valence-corrected chi connectivity index (χ3v) is 4.67. The minimum Gasteiger partial charge on any atom is -0.480 e. The normalized spacial score (nSPS) is 33.7. The summed E-state index contributed by atoms with van der Waals surface area (Å²) in [5.74, 6) is -0.167. The molecule has 6 heteroatoms. The number of aliphatic hydroxyl groups excluding tert-OH is 1. The second-order valence-electron chi connectivity index (χ2n) is 4.59. The molecule has 0 bridgehead atoms. The summed E-state index contributed by atoms with van der Waals surface area (Å²) in [7, 11) is 0. The van der Waals surface area contributed by atoms with E-state index < -0.39 is 18.1 Å². The van der Waals surface area contributed by atoms with E-state index in [4.69, 9.17) is 5.11 Å². The molecule has 5 nitrogen and oxygen atoms in total. The number of hydrogen-bond acceptors (Lipinski definition) is 4. The van der Waals surface area contributed by atoms with Crippen LogP contribution in [0.15, 0.2) is 0 Å². The van der Waals surface area contributed by atoms with Gasteiger partial charge in [-0.15, -0.1) is 11.8 Å². The number of amides is 1. The van der Waals surface area contributed by atoms with E-state index in [-0.39, 0.29) is 24.1 Å². The molecule has 0 aromatic carbocycles. The van der Waals surface area contributed by atoms with Crippen LogP contribution in [-0.2, 0) is 9.59 Å². The molecule has 0 aromatic heterocycles. The highest BCUT2D eigenvalue weighted by atomic mass is 32.2. The highest BCUT2D eigenvalue weighted by Gasteiger charge is 2.41. The molecule has 3 atom stereocenters. The van der Waals surface area contributed by atoms with Gasteiger partial charge in [0.15, 0.2) is 0 Å². The van der Waals surface area contributed by atoms with E-state index in [2.05, 4.69) is 0 Å². The Bertz CT molecular complexity index is 317. The highest BCUT2D eigenvalue weighted by Crippen LogP contribution is 2.29. The number of nitrogens with zero attached hydrogens (tertiary/aromatic N) is 1. The second kappa shape index (κ2) is 5.27. The van der Waals surface area contributed by atoms with Crippen molar-refractivity contribution in [2.75, 3.05) is 12.3 Å². The van der Waals surface area contributed by atoms with Crippen LogP contribution in [0.5, 0.6) is 0 Å². The number of hydrogen-bond donors (Lipinski definition) is 2. The van der Waals surface area contributed by atoms with Gasteiger partial charge in [-0.25, -0.2) is 4.79 Å². The second-order valence-corrected chi connectivity index (χ2v) is 5.90. The van der Waals surface area contributed by atoms with E-state index in [1.165, 1.54) is 4.90 Å². The summed E-state index contributed by atoms with van der Waals surface area (Å²) >= 11 is 1.61. The van der Waals surface area contributed by atoms with Crippen LogP contribution in [-0.4, -0.2) is 56.7 Å². The Balaban J connectivity index is 2.04. The lowest BCUT2D eigenvalue weighted by molar-refractivity contribution is -0.148. The molecule has 2 rings (SSSR count). The van der Waals surface area contributed by atoms with Gasteiger partial charge in [-0.1, -0.05) is 6.42 Å². The Kier molecular flexibility index (Phi) is 3.93.